The van der Waals surface area contributed by atoms with E-state index in [-0.39, 0.29) is 11.1 Å². The van der Waals surface area contributed by atoms with Crippen LogP contribution in [0.2, 0.25) is 0 Å². The molecule has 0 bridgehead atoms. The van der Waals surface area contributed by atoms with Gasteiger partial charge >= 0.3 is 0 Å². The van der Waals surface area contributed by atoms with Crippen LogP contribution in [0.25, 0.3) is 11.0 Å². The van der Waals surface area contributed by atoms with Gasteiger partial charge in [-0.2, -0.15) is 10.1 Å². The molecule has 1 aromatic carbocycles. The van der Waals surface area contributed by atoms with Crippen LogP contribution in [0, 0.1) is 13.8 Å². The molecule has 144 valence electrons. The Balaban J connectivity index is 1.99. The Bertz CT molecular complexity index is 1020. The number of H-pyrrole nitrogens is 1. The van der Waals surface area contributed by atoms with E-state index in [0.29, 0.717) is 23.5 Å². The molecule has 7 nitrogen and oxygen atoms in total. The fourth-order valence-electron chi connectivity index (χ4n) is 3.38. The number of hydrogen-bond acceptors (Lipinski definition) is 5. The molecule has 0 radical (unpaired) electrons. The first-order chi connectivity index (χ1) is 12.6. The van der Waals surface area contributed by atoms with Crippen LogP contribution in [0.4, 0.5) is 5.95 Å². The predicted molar refractivity (Wildman–Crippen MR) is 108 cm³/mol. The standard InChI is InChI=1S/C20H27N5O2/c1-12-8-14(9-13(2)16(12)27-7)11-24(6)19-22-17-15(18(26)23-19)10-21-25(17)20(3,4)5/h8-10H,11H2,1-7H3,(H,22,23,26). The average molecular weight is 369 g/mol. The molecule has 0 atom stereocenters. The second kappa shape index (κ2) is 6.72. The van der Waals surface area contributed by atoms with Gasteiger partial charge in [0.1, 0.15) is 11.1 Å². The molecule has 0 amide bonds. The van der Waals surface area contributed by atoms with Gasteiger partial charge in [0.05, 0.1) is 18.8 Å². The van der Waals surface area contributed by atoms with Crippen molar-refractivity contribution in [1.29, 1.82) is 0 Å². The van der Waals surface area contributed by atoms with Crippen LogP contribution in [0.5, 0.6) is 5.75 Å². The van der Waals surface area contributed by atoms with Gasteiger partial charge in [-0.25, -0.2) is 4.68 Å². The summed E-state index contributed by atoms with van der Waals surface area (Å²) in [4.78, 5) is 22.0. The van der Waals surface area contributed by atoms with Crippen molar-refractivity contribution in [2.75, 3.05) is 19.1 Å². The van der Waals surface area contributed by atoms with Crippen LogP contribution in [-0.4, -0.2) is 33.9 Å². The summed E-state index contributed by atoms with van der Waals surface area (Å²) in [5.74, 6) is 1.42. The molecule has 27 heavy (non-hydrogen) atoms. The van der Waals surface area contributed by atoms with Gasteiger partial charge in [0.2, 0.25) is 5.95 Å². The van der Waals surface area contributed by atoms with Crippen LogP contribution in [0.1, 0.15) is 37.5 Å². The first kappa shape index (κ1) is 18.9. The van der Waals surface area contributed by atoms with Crippen molar-refractivity contribution in [3.63, 3.8) is 0 Å². The van der Waals surface area contributed by atoms with E-state index in [2.05, 4.69) is 27.2 Å². The maximum absolute atomic E-state index is 12.5. The van der Waals surface area contributed by atoms with Gasteiger partial charge in [-0.1, -0.05) is 12.1 Å². The van der Waals surface area contributed by atoms with Crippen molar-refractivity contribution in [2.45, 2.75) is 46.7 Å². The zero-order valence-electron chi connectivity index (χ0n) is 17.0. The number of aromatic amines is 1. The normalized spacial score (nSPS) is 11.8. The van der Waals surface area contributed by atoms with Crippen LogP contribution in [0.3, 0.4) is 0 Å². The SMILES string of the molecule is COc1c(C)cc(CN(C)c2nc3c(cnn3C(C)(C)C)c(=O)[nH]2)cc1C. The minimum atomic E-state index is -0.261. The van der Waals surface area contributed by atoms with Gasteiger partial charge in [-0.05, 0) is 51.3 Å². The van der Waals surface area contributed by atoms with Crippen molar-refractivity contribution in [1.82, 2.24) is 19.7 Å². The van der Waals surface area contributed by atoms with Gasteiger partial charge in [0.15, 0.2) is 5.65 Å². The van der Waals surface area contributed by atoms with Crippen molar-refractivity contribution in [2.24, 2.45) is 0 Å². The molecule has 1 N–H and O–H groups in total. The van der Waals surface area contributed by atoms with Crippen LogP contribution in [0.15, 0.2) is 23.1 Å². The molecule has 0 saturated heterocycles. The smallest absolute Gasteiger partial charge is 0.263 e. The van der Waals surface area contributed by atoms with Crippen LogP contribution >= 0.6 is 0 Å². The molecule has 0 fully saturated rings. The Kier molecular flexibility index (Phi) is 4.71. The molecule has 0 aliphatic heterocycles. The lowest BCUT2D eigenvalue weighted by Crippen LogP contribution is -2.26. The van der Waals surface area contributed by atoms with Gasteiger partial charge in [-0.15, -0.1) is 0 Å². The molecule has 0 aliphatic carbocycles. The highest BCUT2D eigenvalue weighted by Gasteiger charge is 2.20. The third-order valence-corrected chi connectivity index (χ3v) is 4.57. The molecular formula is C20H27N5O2. The summed E-state index contributed by atoms with van der Waals surface area (Å²) in [5.41, 5.74) is 3.45. The predicted octanol–water partition coefficient (Wildman–Crippen LogP) is 3.14. The second-order valence-corrected chi connectivity index (χ2v) is 7.97. The third-order valence-electron chi connectivity index (χ3n) is 4.57. The van der Waals surface area contributed by atoms with E-state index in [4.69, 9.17) is 4.74 Å². The maximum atomic E-state index is 12.5. The number of benzene rings is 1. The summed E-state index contributed by atoms with van der Waals surface area (Å²) in [6.45, 7) is 10.8. The Morgan fingerprint density at radius 1 is 1.22 bits per heavy atom. The fraction of sp³-hybridized carbons (Fsp3) is 0.450. The molecule has 0 saturated carbocycles. The molecule has 3 aromatic rings. The fourth-order valence-corrected chi connectivity index (χ4v) is 3.38. The van der Waals surface area contributed by atoms with E-state index in [1.807, 2.05) is 46.6 Å². The molecular weight excluding hydrogens is 342 g/mol. The Labute approximate surface area is 159 Å². The molecule has 0 spiro atoms. The summed E-state index contributed by atoms with van der Waals surface area (Å²) in [7, 11) is 3.60. The minimum Gasteiger partial charge on any atom is -0.496 e. The molecule has 2 heterocycles. The molecule has 3 rings (SSSR count). The zero-order valence-corrected chi connectivity index (χ0v) is 17.0. The first-order valence-corrected chi connectivity index (χ1v) is 8.95. The summed E-state index contributed by atoms with van der Waals surface area (Å²) in [6.07, 6.45) is 1.58. The lowest BCUT2D eigenvalue weighted by Gasteiger charge is -2.22. The summed E-state index contributed by atoms with van der Waals surface area (Å²) in [6, 6.07) is 4.19. The minimum absolute atomic E-state index is 0.181. The van der Waals surface area contributed by atoms with Crippen molar-refractivity contribution < 1.29 is 4.74 Å². The van der Waals surface area contributed by atoms with E-state index >= 15 is 0 Å². The highest BCUT2D eigenvalue weighted by Crippen LogP contribution is 2.25. The van der Waals surface area contributed by atoms with E-state index in [0.717, 1.165) is 22.4 Å². The Hall–Kier alpha value is -2.83. The first-order valence-electron chi connectivity index (χ1n) is 8.95. The molecule has 7 heteroatoms. The van der Waals surface area contributed by atoms with Crippen LogP contribution in [-0.2, 0) is 12.1 Å². The highest BCUT2D eigenvalue weighted by atomic mass is 16.5. The number of nitrogens with one attached hydrogen (secondary N) is 1. The number of methoxy groups -OCH3 is 1. The number of aryl methyl sites for hydroxylation is 2. The second-order valence-electron chi connectivity index (χ2n) is 7.97. The van der Waals surface area contributed by atoms with E-state index in [1.54, 1.807) is 18.0 Å². The topological polar surface area (TPSA) is 76.0 Å². The number of anilines is 1. The van der Waals surface area contributed by atoms with Crippen LogP contribution < -0.4 is 15.2 Å². The highest BCUT2D eigenvalue weighted by molar-refractivity contribution is 5.74. The van der Waals surface area contributed by atoms with Crippen molar-refractivity contribution >= 4 is 17.0 Å². The third kappa shape index (κ3) is 3.54. The van der Waals surface area contributed by atoms with E-state index < -0.39 is 0 Å². The lowest BCUT2D eigenvalue weighted by atomic mass is 10.1. The Morgan fingerprint density at radius 2 is 1.85 bits per heavy atom. The number of ether oxygens (including phenoxy) is 1. The number of nitrogens with zero attached hydrogens (tertiary/aromatic N) is 4. The maximum Gasteiger partial charge on any atom is 0.263 e. The Morgan fingerprint density at radius 3 is 2.41 bits per heavy atom. The van der Waals surface area contributed by atoms with E-state index in [1.165, 1.54) is 0 Å². The van der Waals surface area contributed by atoms with Gasteiger partial charge in [-0.3, -0.25) is 9.78 Å². The summed E-state index contributed by atoms with van der Waals surface area (Å²) in [5, 5.41) is 4.85. The monoisotopic (exact) mass is 369 g/mol. The lowest BCUT2D eigenvalue weighted by molar-refractivity contribution is 0.366. The van der Waals surface area contributed by atoms with Gasteiger partial charge in [0, 0.05) is 13.6 Å². The number of fused-ring (bicyclic) bond motifs is 1. The summed E-state index contributed by atoms with van der Waals surface area (Å²) >= 11 is 0. The number of rotatable bonds is 4. The molecule has 0 aliphatic rings. The van der Waals surface area contributed by atoms with Gasteiger partial charge < -0.3 is 9.64 Å². The van der Waals surface area contributed by atoms with E-state index in [9.17, 15) is 4.79 Å². The largest absolute Gasteiger partial charge is 0.496 e. The number of hydrogen-bond donors (Lipinski definition) is 1. The number of aromatic nitrogens is 4. The molecule has 2 aromatic heterocycles. The summed E-state index contributed by atoms with van der Waals surface area (Å²) < 4.78 is 7.23. The molecule has 0 unspecified atom stereocenters. The average Bonchev–Trinajstić information content (AvgIpc) is 2.99. The van der Waals surface area contributed by atoms with Gasteiger partial charge in [0.25, 0.3) is 5.56 Å². The van der Waals surface area contributed by atoms with Crippen molar-refractivity contribution in [3.8, 4) is 5.75 Å². The van der Waals surface area contributed by atoms with Crippen molar-refractivity contribution in [3.05, 3.63) is 45.4 Å². The zero-order chi connectivity index (χ0) is 19.9. The quantitative estimate of drug-likeness (QED) is 0.765.